The SMILES string of the molecule is CCOc1ccc2n[nH]nc2c1.[Ag]. The molecule has 73 valence electrons. The van der Waals surface area contributed by atoms with Crippen LogP contribution in [0.5, 0.6) is 5.75 Å². The van der Waals surface area contributed by atoms with Gasteiger partial charge in [-0.15, -0.1) is 0 Å². The first-order chi connectivity index (χ1) is 5.90. The van der Waals surface area contributed by atoms with Gasteiger partial charge in [-0.3, -0.25) is 0 Å². The third-order valence-electron chi connectivity index (χ3n) is 1.60. The van der Waals surface area contributed by atoms with Gasteiger partial charge in [0.05, 0.1) is 6.61 Å². The van der Waals surface area contributed by atoms with Gasteiger partial charge in [-0.1, -0.05) is 0 Å². The van der Waals surface area contributed by atoms with Gasteiger partial charge in [-0.2, -0.15) is 15.4 Å². The summed E-state index contributed by atoms with van der Waals surface area (Å²) in [6.07, 6.45) is 0. The molecule has 0 unspecified atom stereocenters. The maximum absolute atomic E-state index is 5.30. The maximum Gasteiger partial charge on any atom is 0.121 e. The standard InChI is InChI=1S/C8H9N3O.Ag/c1-2-12-6-3-4-7-8(5-6)10-11-9-7;/h3-5H,2H2,1H3,(H,9,10,11);. The van der Waals surface area contributed by atoms with Gasteiger partial charge in [0.25, 0.3) is 0 Å². The van der Waals surface area contributed by atoms with E-state index >= 15 is 0 Å². The number of fused-ring (bicyclic) bond motifs is 1. The van der Waals surface area contributed by atoms with Gasteiger partial charge in [0.15, 0.2) is 0 Å². The van der Waals surface area contributed by atoms with Gasteiger partial charge in [-0.25, -0.2) is 0 Å². The summed E-state index contributed by atoms with van der Waals surface area (Å²) in [5.41, 5.74) is 1.69. The summed E-state index contributed by atoms with van der Waals surface area (Å²) in [4.78, 5) is 0. The second kappa shape index (κ2) is 4.41. The van der Waals surface area contributed by atoms with Crippen LogP contribution in [0.15, 0.2) is 18.2 Å². The number of H-pyrrole nitrogens is 1. The Morgan fingerprint density at radius 3 is 2.85 bits per heavy atom. The van der Waals surface area contributed by atoms with Crippen LogP contribution in [0.4, 0.5) is 0 Å². The Morgan fingerprint density at radius 1 is 1.31 bits per heavy atom. The van der Waals surface area contributed by atoms with Crippen LogP contribution in [-0.2, 0) is 22.4 Å². The summed E-state index contributed by atoms with van der Waals surface area (Å²) in [7, 11) is 0. The number of ether oxygens (including phenoxy) is 1. The fraction of sp³-hybridized carbons (Fsp3) is 0.250. The molecule has 0 amide bonds. The smallest absolute Gasteiger partial charge is 0.121 e. The molecule has 0 bridgehead atoms. The van der Waals surface area contributed by atoms with Crippen molar-refractivity contribution in [3.05, 3.63) is 18.2 Å². The Labute approximate surface area is 91.2 Å². The average Bonchev–Trinajstić information content (AvgIpc) is 2.51. The first-order valence-electron chi connectivity index (χ1n) is 3.83. The summed E-state index contributed by atoms with van der Waals surface area (Å²) in [5, 5.41) is 10.4. The Morgan fingerprint density at radius 2 is 2.08 bits per heavy atom. The van der Waals surface area contributed by atoms with E-state index in [4.69, 9.17) is 4.74 Å². The van der Waals surface area contributed by atoms with Gasteiger partial charge >= 0.3 is 0 Å². The van der Waals surface area contributed by atoms with Crippen molar-refractivity contribution in [1.29, 1.82) is 0 Å². The van der Waals surface area contributed by atoms with Crippen molar-refractivity contribution in [2.45, 2.75) is 6.92 Å². The van der Waals surface area contributed by atoms with Crippen molar-refractivity contribution in [2.24, 2.45) is 0 Å². The normalized spacial score (nSPS) is 9.62. The quantitative estimate of drug-likeness (QED) is 0.839. The molecule has 1 aromatic carbocycles. The molecule has 1 N–H and O–H groups in total. The number of benzene rings is 1. The molecule has 0 fully saturated rings. The first-order valence-corrected chi connectivity index (χ1v) is 3.83. The molecule has 0 saturated heterocycles. The predicted molar refractivity (Wildman–Crippen MR) is 45.1 cm³/mol. The monoisotopic (exact) mass is 270 g/mol. The molecule has 0 aliphatic heterocycles. The van der Waals surface area contributed by atoms with Crippen LogP contribution in [-0.4, -0.2) is 22.0 Å². The molecule has 1 radical (unpaired) electrons. The number of hydrogen-bond acceptors (Lipinski definition) is 3. The van der Waals surface area contributed by atoms with E-state index in [0.29, 0.717) is 6.61 Å². The zero-order valence-corrected chi connectivity index (χ0v) is 8.53. The zero-order valence-electron chi connectivity index (χ0n) is 7.04. The van der Waals surface area contributed by atoms with Gasteiger partial charge in [0, 0.05) is 28.4 Å². The minimum atomic E-state index is 0. The van der Waals surface area contributed by atoms with Crippen molar-refractivity contribution in [1.82, 2.24) is 15.4 Å². The molecular weight excluding hydrogens is 262 g/mol. The van der Waals surface area contributed by atoms with Gasteiger partial charge in [-0.05, 0) is 19.1 Å². The molecule has 0 atom stereocenters. The Bertz CT molecular complexity index is 388. The third-order valence-corrected chi connectivity index (χ3v) is 1.60. The number of hydrogen-bond donors (Lipinski definition) is 1. The Balaban J connectivity index is 0.000000845. The van der Waals surface area contributed by atoms with Crippen LogP contribution in [0.1, 0.15) is 6.92 Å². The summed E-state index contributed by atoms with van der Waals surface area (Å²) in [6.45, 7) is 2.62. The van der Waals surface area contributed by atoms with Gasteiger partial charge < -0.3 is 4.74 Å². The molecular formula is C8H9AgN3O. The van der Waals surface area contributed by atoms with Crippen molar-refractivity contribution >= 4 is 11.0 Å². The fourth-order valence-electron chi connectivity index (χ4n) is 1.08. The van der Waals surface area contributed by atoms with Crippen molar-refractivity contribution in [3.8, 4) is 5.75 Å². The Hall–Kier alpha value is -0.840. The molecule has 2 aromatic rings. The predicted octanol–water partition coefficient (Wildman–Crippen LogP) is 1.35. The van der Waals surface area contributed by atoms with Crippen LogP contribution in [0.3, 0.4) is 0 Å². The van der Waals surface area contributed by atoms with Crippen LogP contribution >= 0.6 is 0 Å². The Kier molecular flexibility index (Phi) is 3.48. The molecule has 0 aliphatic rings. The molecule has 2 rings (SSSR count). The van der Waals surface area contributed by atoms with Gasteiger partial charge in [0.1, 0.15) is 16.8 Å². The van der Waals surface area contributed by atoms with Crippen LogP contribution in [0, 0.1) is 0 Å². The molecule has 0 spiro atoms. The fourth-order valence-corrected chi connectivity index (χ4v) is 1.08. The largest absolute Gasteiger partial charge is 0.494 e. The van der Waals surface area contributed by atoms with Gasteiger partial charge in [0.2, 0.25) is 0 Å². The number of aromatic nitrogens is 3. The molecule has 13 heavy (non-hydrogen) atoms. The number of aromatic amines is 1. The second-order valence-corrected chi connectivity index (χ2v) is 2.41. The molecule has 5 heteroatoms. The van der Waals surface area contributed by atoms with E-state index in [1.165, 1.54) is 0 Å². The number of rotatable bonds is 2. The topological polar surface area (TPSA) is 50.8 Å². The molecule has 0 saturated carbocycles. The molecule has 1 heterocycles. The summed E-state index contributed by atoms with van der Waals surface area (Å²) >= 11 is 0. The minimum Gasteiger partial charge on any atom is -0.494 e. The zero-order chi connectivity index (χ0) is 8.39. The molecule has 1 aromatic heterocycles. The van der Waals surface area contributed by atoms with Crippen molar-refractivity contribution in [2.75, 3.05) is 6.61 Å². The second-order valence-electron chi connectivity index (χ2n) is 2.41. The number of nitrogens with one attached hydrogen (secondary N) is 1. The first kappa shape index (κ1) is 10.2. The van der Waals surface area contributed by atoms with Crippen LogP contribution in [0.25, 0.3) is 11.0 Å². The van der Waals surface area contributed by atoms with E-state index in [2.05, 4.69) is 15.4 Å². The minimum absolute atomic E-state index is 0. The molecule has 4 nitrogen and oxygen atoms in total. The summed E-state index contributed by atoms with van der Waals surface area (Å²) in [6, 6.07) is 5.63. The van der Waals surface area contributed by atoms with E-state index in [-0.39, 0.29) is 22.4 Å². The van der Waals surface area contributed by atoms with E-state index < -0.39 is 0 Å². The number of nitrogens with zero attached hydrogens (tertiary/aromatic N) is 2. The van der Waals surface area contributed by atoms with Crippen LogP contribution in [0.2, 0.25) is 0 Å². The third kappa shape index (κ3) is 2.09. The summed E-state index contributed by atoms with van der Waals surface area (Å²) in [5.74, 6) is 0.832. The average molecular weight is 271 g/mol. The van der Waals surface area contributed by atoms with Crippen molar-refractivity contribution in [3.63, 3.8) is 0 Å². The maximum atomic E-state index is 5.30. The van der Waals surface area contributed by atoms with Crippen LogP contribution < -0.4 is 4.74 Å². The van der Waals surface area contributed by atoms with E-state index in [0.717, 1.165) is 16.8 Å². The summed E-state index contributed by atoms with van der Waals surface area (Å²) < 4.78 is 5.30. The van der Waals surface area contributed by atoms with Crippen molar-refractivity contribution < 1.29 is 27.1 Å². The molecule has 0 aliphatic carbocycles. The van der Waals surface area contributed by atoms with E-state index in [1.807, 2.05) is 25.1 Å². The van der Waals surface area contributed by atoms with E-state index in [9.17, 15) is 0 Å². The van der Waals surface area contributed by atoms with E-state index in [1.54, 1.807) is 0 Å².